The minimum absolute atomic E-state index is 0.0276. The number of ether oxygens (including phenoxy) is 2. The summed E-state index contributed by atoms with van der Waals surface area (Å²) in [7, 11) is 0. The molecular weight excluding hydrogens is 484 g/mol. The van der Waals surface area contributed by atoms with E-state index in [9.17, 15) is 14.7 Å². The number of benzene rings is 2. The van der Waals surface area contributed by atoms with Crippen molar-refractivity contribution in [2.24, 2.45) is 0 Å². The van der Waals surface area contributed by atoms with E-state index in [1.165, 1.54) is 4.90 Å². The van der Waals surface area contributed by atoms with Crippen molar-refractivity contribution in [3.8, 4) is 5.75 Å². The van der Waals surface area contributed by atoms with Gasteiger partial charge in [0, 0.05) is 31.7 Å². The second-order valence-electron chi connectivity index (χ2n) is 9.70. The van der Waals surface area contributed by atoms with Crippen LogP contribution in [0.1, 0.15) is 34.3 Å². The summed E-state index contributed by atoms with van der Waals surface area (Å²) in [6, 6.07) is 17.7. The van der Waals surface area contributed by atoms with Crippen molar-refractivity contribution >= 4 is 17.4 Å². The fourth-order valence-corrected chi connectivity index (χ4v) is 4.91. The first-order chi connectivity index (χ1) is 18.4. The molecule has 2 fully saturated rings. The van der Waals surface area contributed by atoms with Gasteiger partial charge in [-0.05, 0) is 55.8 Å². The summed E-state index contributed by atoms with van der Waals surface area (Å²) in [5, 5.41) is 11.3. The molecule has 8 heteroatoms. The molecule has 2 aromatic carbocycles. The van der Waals surface area contributed by atoms with E-state index >= 15 is 0 Å². The highest BCUT2D eigenvalue weighted by Crippen LogP contribution is 2.40. The molecule has 8 nitrogen and oxygen atoms in total. The molecule has 2 saturated heterocycles. The first kappa shape index (κ1) is 25.8. The van der Waals surface area contributed by atoms with E-state index in [2.05, 4.69) is 11.0 Å². The number of likely N-dealkylation sites (tertiary alicyclic amines) is 1. The van der Waals surface area contributed by atoms with E-state index in [0.29, 0.717) is 55.7 Å². The zero-order valence-corrected chi connectivity index (χ0v) is 21.7. The van der Waals surface area contributed by atoms with Gasteiger partial charge in [-0.25, -0.2) is 0 Å². The van der Waals surface area contributed by atoms with E-state index in [1.807, 2.05) is 25.1 Å². The smallest absolute Gasteiger partial charge is 0.295 e. The van der Waals surface area contributed by atoms with E-state index in [4.69, 9.17) is 13.9 Å². The molecule has 1 amide bonds. The number of Topliss-reactive ketones (excluding diaryl/α,β-unsaturated/α-hetero) is 1. The Morgan fingerprint density at radius 1 is 1.00 bits per heavy atom. The topological polar surface area (TPSA) is 92.5 Å². The second kappa shape index (κ2) is 11.2. The summed E-state index contributed by atoms with van der Waals surface area (Å²) < 4.78 is 17.2. The van der Waals surface area contributed by atoms with E-state index in [0.717, 1.165) is 24.2 Å². The minimum atomic E-state index is -0.804. The van der Waals surface area contributed by atoms with Crippen molar-refractivity contribution in [1.82, 2.24) is 9.80 Å². The number of carbonyl (C=O) groups is 2. The third kappa shape index (κ3) is 5.51. The Hall–Kier alpha value is -3.88. The van der Waals surface area contributed by atoms with E-state index in [1.54, 1.807) is 43.3 Å². The Balaban J connectivity index is 1.39. The number of carbonyl (C=O) groups excluding carboxylic acids is 2. The van der Waals surface area contributed by atoms with Crippen LogP contribution in [0.25, 0.3) is 5.76 Å². The number of nitrogens with zero attached hydrogens (tertiary/aromatic N) is 2. The predicted octanol–water partition coefficient (Wildman–Crippen LogP) is 4.23. The van der Waals surface area contributed by atoms with Crippen LogP contribution in [-0.4, -0.2) is 66.0 Å². The molecule has 2 aliphatic heterocycles. The van der Waals surface area contributed by atoms with Gasteiger partial charge in [0.1, 0.15) is 35.7 Å². The number of rotatable bonds is 8. The summed E-state index contributed by atoms with van der Waals surface area (Å²) in [6.07, 6.45) is 0. The minimum Gasteiger partial charge on any atom is -0.507 e. The molecule has 1 aromatic heterocycles. The number of aliphatic hydroxyl groups excluding tert-OH is 1. The third-order valence-electron chi connectivity index (χ3n) is 6.95. The average molecular weight is 517 g/mol. The van der Waals surface area contributed by atoms with Crippen LogP contribution in [0.15, 0.2) is 70.7 Å². The number of aryl methyl sites for hydroxylation is 2. The third-order valence-corrected chi connectivity index (χ3v) is 6.95. The second-order valence-corrected chi connectivity index (χ2v) is 9.70. The number of furan rings is 1. The molecule has 3 heterocycles. The van der Waals surface area contributed by atoms with Crippen molar-refractivity contribution in [2.75, 3.05) is 39.4 Å². The van der Waals surface area contributed by atoms with Gasteiger partial charge in [0.25, 0.3) is 11.7 Å². The van der Waals surface area contributed by atoms with Crippen LogP contribution in [0.3, 0.4) is 0 Å². The number of ketones is 1. The molecule has 1 atom stereocenters. The van der Waals surface area contributed by atoms with E-state index in [-0.39, 0.29) is 11.3 Å². The molecule has 0 spiro atoms. The lowest BCUT2D eigenvalue weighted by Crippen LogP contribution is -2.42. The lowest BCUT2D eigenvalue weighted by Gasteiger charge is -2.30. The number of hydrogen-bond donors (Lipinski definition) is 1. The highest BCUT2D eigenvalue weighted by atomic mass is 16.5. The largest absolute Gasteiger partial charge is 0.507 e. The summed E-state index contributed by atoms with van der Waals surface area (Å²) >= 11 is 0. The van der Waals surface area contributed by atoms with Crippen LogP contribution in [0.2, 0.25) is 0 Å². The normalized spacial score (nSPS) is 19.7. The van der Waals surface area contributed by atoms with Gasteiger partial charge in [0.05, 0.1) is 18.8 Å². The Morgan fingerprint density at radius 3 is 2.45 bits per heavy atom. The highest BCUT2D eigenvalue weighted by molar-refractivity contribution is 6.46. The van der Waals surface area contributed by atoms with Gasteiger partial charge in [-0.1, -0.05) is 29.8 Å². The highest BCUT2D eigenvalue weighted by Gasteiger charge is 2.47. The van der Waals surface area contributed by atoms with Crippen LogP contribution in [-0.2, 0) is 20.9 Å². The number of hydrogen-bond acceptors (Lipinski definition) is 7. The van der Waals surface area contributed by atoms with Crippen molar-refractivity contribution in [1.29, 1.82) is 0 Å². The van der Waals surface area contributed by atoms with Crippen LogP contribution >= 0.6 is 0 Å². The van der Waals surface area contributed by atoms with Gasteiger partial charge in [-0.15, -0.1) is 0 Å². The van der Waals surface area contributed by atoms with Crippen molar-refractivity contribution < 1.29 is 28.6 Å². The molecule has 0 radical (unpaired) electrons. The molecule has 0 aliphatic carbocycles. The fraction of sp³-hybridized carbons (Fsp3) is 0.333. The maximum absolute atomic E-state index is 13.2. The Kier molecular flexibility index (Phi) is 7.62. The van der Waals surface area contributed by atoms with Crippen molar-refractivity contribution in [3.63, 3.8) is 0 Å². The zero-order valence-electron chi connectivity index (χ0n) is 21.7. The molecule has 5 rings (SSSR count). The van der Waals surface area contributed by atoms with Crippen LogP contribution in [0.5, 0.6) is 5.75 Å². The van der Waals surface area contributed by atoms with Crippen molar-refractivity contribution in [3.05, 3.63) is 94.4 Å². The molecule has 198 valence electrons. The molecule has 38 heavy (non-hydrogen) atoms. The summed E-state index contributed by atoms with van der Waals surface area (Å²) in [5.74, 6) is 0.145. The van der Waals surface area contributed by atoms with Gasteiger partial charge < -0.3 is 23.9 Å². The average Bonchev–Trinajstić information content (AvgIpc) is 3.47. The van der Waals surface area contributed by atoms with Crippen LogP contribution in [0, 0.1) is 13.8 Å². The summed E-state index contributed by atoms with van der Waals surface area (Å²) in [6.45, 7) is 8.01. The summed E-state index contributed by atoms with van der Waals surface area (Å²) in [5.41, 5.74) is 2.67. The van der Waals surface area contributed by atoms with Gasteiger partial charge in [-0.3, -0.25) is 14.5 Å². The van der Waals surface area contributed by atoms with Gasteiger partial charge >= 0.3 is 0 Å². The Bertz CT molecular complexity index is 1340. The number of aliphatic hydroxyl groups is 1. The quantitative estimate of drug-likeness (QED) is 0.272. The standard InChI is InChI=1S/C30H32N2O6/c1-20-4-3-5-22(18-20)19-37-24-9-7-23(8-10-24)28(33)26-27(25-11-6-21(2)38-25)32(30(35)29(26)34)13-12-31-14-16-36-17-15-31/h3-11,18,27,33H,12-17,19H2,1-2H3/t27-/m0/s1. The summed E-state index contributed by atoms with van der Waals surface area (Å²) in [4.78, 5) is 30.1. The lowest BCUT2D eigenvalue weighted by atomic mass is 9.99. The molecule has 0 unspecified atom stereocenters. The molecular formula is C30H32N2O6. The first-order valence-electron chi connectivity index (χ1n) is 12.8. The number of morpholine rings is 1. The van der Waals surface area contributed by atoms with Crippen molar-refractivity contribution in [2.45, 2.75) is 26.5 Å². The molecule has 1 N–H and O–H groups in total. The SMILES string of the molecule is Cc1cccc(COc2ccc(C(O)=C3C(=O)C(=O)N(CCN4CCOCC4)[C@H]3c3ccc(C)o3)cc2)c1. The maximum atomic E-state index is 13.2. The maximum Gasteiger partial charge on any atom is 0.295 e. The van der Waals surface area contributed by atoms with Gasteiger partial charge in [0.15, 0.2) is 0 Å². The zero-order chi connectivity index (χ0) is 26.6. The molecule has 3 aromatic rings. The predicted molar refractivity (Wildman–Crippen MR) is 142 cm³/mol. The monoisotopic (exact) mass is 516 g/mol. The lowest BCUT2D eigenvalue weighted by molar-refractivity contribution is -0.140. The molecule has 0 bridgehead atoms. The van der Waals surface area contributed by atoms with Gasteiger partial charge in [0.2, 0.25) is 0 Å². The van der Waals surface area contributed by atoms with E-state index < -0.39 is 17.7 Å². The fourth-order valence-electron chi connectivity index (χ4n) is 4.91. The molecule has 0 saturated carbocycles. The Morgan fingerprint density at radius 2 is 1.76 bits per heavy atom. The van der Waals surface area contributed by atoms with Gasteiger partial charge in [-0.2, -0.15) is 0 Å². The molecule has 2 aliphatic rings. The first-order valence-corrected chi connectivity index (χ1v) is 12.8. The van der Waals surface area contributed by atoms with Crippen LogP contribution < -0.4 is 4.74 Å². The number of amides is 1. The van der Waals surface area contributed by atoms with Crippen LogP contribution in [0.4, 0.5) is 0 Å². The Labute approximate surface area is 222 Å².